The molecular weight excluding hydrogens is 421 g/mol. The van der Waals surface area contributed by atoms with Crippen molar-refractivity contribution in [3.63, 3.8) is 0 Å². The smallest absolute Gasteiger partial charge is 0.233 e. The van der Waals surface area contributed by atoms with Gasteiger partial charge in [0.2, 0.25) is 17.8 Å². The first-order valence-electron chi connectivity index (χ1n) is 12.2. The molecule has 9 heteroatoms. The minimum absolute atomic E-state index is 0.126. The fourth-order valence-electron chi connectivity index (χ4n) is 4.43. The van der Waals surface area contributed by atoms with Crippen molar-refractivity contribution in [2.24, 2.45) is 0 Å². The summed E-state index contributed by atoms with van der Waals surface area (Å²) >= 11 is 0. The molecule has 0 aliphatic carbocycles. The number of nitrogens with zero attached hydrogens (tertiary/aromatic N) is 4. The van der Waals surface area contributed by atoms with Crippen molar-refractivity contribution in [1.29, 1.82) is 0 Å². The van der Waals surface area contributed by atoms with Crippen LogP contribution in [0.2, 0.25) is 0 Å². The van der Waals surface area contributed by atoms with Crippen LogP contribution < -0.4 is 20.7 Å². The fourth-order valence-corrected chi connectivity index (χ4v) is 4.43. The lowest BCUT2D eigenvalue weighted by Gasteiger charge is -2.23. The van der Waals surface area contributed by atoms with Gasteiger partial charge in [0.25, 0.3) is 0 Å². The molecule has 8 nitrogen and oxygen atoms in total. The Morgan fingerprint density at radius 1 is 1.09 bits per heavy atom. The Kier molecular flexibility index (Phi) is 9.47. The number of benzene rings is 1. The first kappa shape index (κ1) is 25.0. The first-order chi connectivity index (χ1) is 16.1. The standard InChI is InChI=1S/C24H38FN7O/c1-5-10-17(11-6-2)27-23-29-22(26-16-18-12-9-15-32(18)7-3)30-24(31-23)28-20-14-8-13-19(25)21(20)33-4/h8,13-14,17-18H,5-7,9-12,15-16H2,1-4H3,(H3,26,27,28,29,30,31). The highest BCUT2D eigenvalue weighted by molar-refractivity contribution is 5.63. The third kappa shape index (κ3) is 6.90. The van der Waals surface area contributed by atoms with Gasteiger partial charge in [0.05, 0.1) is 12.8 Å². The summed E-state index contributed by atoms with van der Waals surface area (Å²) in [6.45, 7) is 9.49. The molecule has 182 valence electrons. The molecule has 1 aliphatic rings. The molecular formula is C24H38FN7O. The SMILES string of the molecule is CCCC(CCC)Nc1nc(NCC2CCCN2CC)nc(Nc2cccc(F)c2OC)n1. The van der Waals surface area contributed by atoms with E-state index in [0.29, 0.717) is 29.6 Å². The van der Waals surface area contributed by atoms with Crippen LogP contribution in [0.3, 0.4) is 0 Å². The van der Waals surface area contributed by atoms with Gasteiger partial charge in [-0.1, -0.05) is 39.7 Å². The second-order valence-electron chi connectivity index (χ2n) is 8.48. The number of rotatable bonds is 13. The zero-order chi connectivity index (χ0) is 23.6. The third-order valence-corrected chi connectivity index (χ3v) is 6.06. The lowest BCUT2D eigenvalue weighted by atomic mass is 10.1. The number of nitrogens with one attached hydrogen (secondary N) is 3. The Balaban J connectivity index is 1.84. The Labute approximate surface area is 196 Å². The quantitative estimate of drug-likeness (QED) is 0.384. The van der Waals surface area contributed by atoms with Crippen LogP contribution in [0.25, 0.3) is 0 Å². The van der Waals surface area contributed by atoms with Gasteiger partial charge in [0.1, 0.15) is 0 Å². The summed E-state index contributed by atoms with van der Waals surface area (Å²) in [5.74, 6) is 1.03. The van der Waals surface area contributed by atoms with E-state index in [9.17, 15) is 4.39 Å². The van der Waals surface area contributed by atoms with Crippen LogP contribution >= 0.6 is 0 Å². The van der Waals surface area contributed by atoms with Crippen LogP contribution in [0.1, 0.15) is 59.3 Å². The molecule has 2 heterocycles. The molecule has 3 rings (SSSR count). The number of methoxy groups -OCH3 is 1. The molecule has 1 atom stereocenters. The van der Waals surface area contributed by atoms with Crippen LogP contribution in [0.4, 0.5) is 27.9 Å². The van der Waals surface area contributed by atoms with E-state index in [-0.39, 0.29) is 11.8 Å². The second kappa shape index (κ2) is 12.5. The molecule has 1 aromatic carbocycles. The molecule has 0 saturated carbocycles. The predicted octanol–water partition coefficient (Wildman–Crippen LogP) is 5.04. The van der Waals surface area contributed by atoms with Gasteiger partial charge >= 0.3 is 0 Å². The Morgan fingerprint density at radius 3 is 2.52 bits per heavy atom. The maximum absolute atomic E-state index is 14.2. The van der Waals surface area contributed by atoms with Crippen molar-refractivity contribution in [2.45, 2.75) is 71.4 Å². The number of likely N-dealkylation sites (N-methyl/N-ethyl adjacent to an activating group) is 1. The monoisotopic (exact) mass is 459 g/mol. The lowest BCUT2D eigenvalue weighted by molar-refractivity contribution is 0.277. The number of ether oxygens (including phenoxy) is 1. The van der Waals surface area contributed by atoms with E-state index < -0.39 is 5.82 Å². The number of hydrogen-bond donors (Lipinski definition) is 3. The van der Waals surface area contributed by atoms with Crippen molar-refractivity contribution >= 4 is 23.5 Å². The van der Waals surface area contributed by atoms with Crippen LogP contribution in [0.5, 0.6) is 5.75 Å². The fraction of sp³-hybridized carbons (Fsp3) is 0.625. The Morgan fingerprint density at radius 2 is 1.82 bits per heavy atom. The molecule has 1 fully saturated rings. The summed E-state index contributed by atoms with van der Waals surface area (Å²) in [5, 5.41) is 10.00. The second-order valence-corrected chi connectivity index (χ2v) is 8.48. The van der Waals surface area contributed by atoms with Crippen LogP contribution in [0.15, 0.2) is 18.2 Å². The van der Waals surface area contributed by atoms with Gasteiger partial charge in [0, 0.05) is 18.6 Å². The molecule has 1 aromatic heterocycles. The minimum Gasteiger partial charge on any atom is -0.492 e. The van der Waals surface area contributed by atoms with E-state index in [0.717, 1.165) is 51.7 Å². The molecule has 1 unspecified atom stereocenters. The number of anilines is 4. The van der Waals surface area contributed by atoms with Gasteiger partial charge in [-0.2, -0.15) is 15.0 Å². The molecule has 0 bridgehead atoms. The lowest BCUT2D eigenvalue weighted by Crippen LogP contribution is -2.35. The van der Waals surface area contributed by atoms with E-state index in [2.05, 4.69) is 56.6 Å². The van der Waals surface area contributed by atoms with E-state index in [1.54, 1.807) is 12.1 Å². The first-order valence-corrected chi connectivity index (χ1v) is 12.2. The van der Waals surface area contributed by atoms with E-state index in [1.165, 1.54) is 19.6 Å². The highest BCUT2D eigenvalue weighted by atomic mass is 19.1. The summed E-state index contributed by atoms with van der Waals surface area (Å²) in [4.78, 5) is 16.3. The average molecular weight is 460 g/mol. The van der Waals surface area contributed by atoms with Crippen molar-refractivity contribution < 1.29 is 9.13 Å². The molecule has 1 aliphatic heterocycles. The third-order valence-electron chi connectivity index (χ3n) is 6.06. The van der Waals surface area contributed by atoms with Crippen molar-refractivity contribution in [2.75, 3.05) is 42.7 Å². The Hall–Kier alpha value is -2.68. The maximum atomic E-state index is 14.2. The zero-order valence-electron chi connectivity index (χ0n) is 20.3. The number of hydrogen-bond acceptors (Lipinski definition) is 8. The van der Waals surface area contributed by atoms with Gasteiger partial charge in [-0.25, -0.2) is 4.39 Å². The summed E-state index contributed by atoms with van der Waals surface area (Å²) in [7, 11) is 1.44. The van der Waals surface area contributed by atoms with Gasteiger partial charge in [0.15, 0.2) is 11.6 Å². The molecule has 1 saturated heterocycles. The van der Waals surface area contributed by atoms with Crippen molar-refractivity contribution in [3.8, 4) is 5.75 Å². The number of aromatic nitrogens is 3. The predicted molar refractivity (Wildman–Crippen MR) is 132 cm³/mol. The largest absolute Gasteiger partial charge is 0.492 e. The molecule has 3 N–H and O–H groups in total. The molecule has 33 heavy (non-hydrogen) atoms. The maximum Gasteiger partial charge on any atom is 0.233 e. The van der Waals surface area contributed by atoms with Crippen molar-refractivity contribution in [3.05, 3.63) is 24.0 Å². The van der Waals surface area contributed by atoms with Crippen LogP contribution in [-0.2, 0) is 0 Å². The van der Waals surface area contributed by atoms with Gasteiger partial charge in [-0.15, -0.1) is 0 Å². The molecule has 2 aromatic rings. The highest BCUT2D eigenvalue weighted by Gasteiger charge is 2.23. The number of likely N-dealkylation sites (tertiary alicyclic amines) is 1. The van der Waals surface area contributed by atoms with Crippen LogP contribution in [0, 0.1) is 5.82 Å². The Bertz CT molecular complexity index is 876. The number of para-hydroxylation sites is 1. The highest BCUT2D eigenvalue weighted by Crippen LogP contribution is 2.29. The normalized spacial score (nSPS) is 16.2. The summed E-state index contributed by atoms with van der Waals surface area (Å²) < 4.78 is 19.4. The summed E-state index contributed by atoms with van der Waals surface area (Å²) in [5.41, 5.74) is 0.465. The topological polar surface area (TPSA) is 87.2 Å². The summed E-state index contributed by atoms with van der Waals surface area (Å²) in [6.07, 6.45) is 6.61. The zero-order valence-corrected chi connectivity index (χ0v) is 20.3. The molecule has 0 radical (unpaired) electrons. The van der Waals surface area contributed by atoms with E-state index >= 15 is 0 Å². The van der Waals surface area contributed by atoms with Gasteiger partial charge < -0.3 is 20.7 Å². The minimum atomic E-state index is -0.444. The molecule has 0 amide bonds. The van der Waals surface area contributed by atoms with E-state index in [4.69, 9.17) is 4.74 Å². The molecule has 0 spiro atoms. The van der Waals surface area contributed by atoms with Crippen LogP contribution in [-0.4, -0.2) is 58.7 Å². The van der Waals surface area contributed by atoms with Crippen molar-refractivity contribution in [1.82, 2.24) is 19.9 Å². The average Bonchev–Trinajstić information content (AvgIpc) is 3.26. The van der Waals surface area contributed by atoms with Gasteiger partial charge in [-0.3, -0.25) is 4.90 Å². The summed E-state index contributed by atoms with van der Waals surface area (Å²) in [6, 6.07) is 5.48. The number of halogens is 1. The van der Waals surface area contributed by atoms with Gasteiger partial charge in [-0.05, 0) is 50.9 Å². The van der Waals surface area contributed by atoms with E-state index in [1.807, 2.05) is 0 Å².